The molecule has 22 heavy (non-hydrogen) atoms. The molecule has 1 aromatic heterocycles. The number of amides is 1. The van der Waals surface area contributed by atoms with Gasteiger partial charge in [-0.05, 0) is 18.9 Å². The maximum atomic E-state index is 14.2. The van der Waals surface area contributed by atoms with E-state index in [-0.39, 0.29) is 11.5 Å². The Labute approximate surface area is 125 Å². The monoisotopic (exact) mass is 307 g/mol. The molecule has 2 heterocycles. The third-order valence-electron chi connectivity index (χ3n) is 3.91. The van der Waals surface area contributed by atoms with Crippen LogP contribution in [0.1, 0.15) is 28.8 Å². The lowest BCUT2D eigenvalue weighted by atomic mass is 9.82. The second kappa shape index (κ2) is 5.84. The van der Waals surface area contributed by atoms with Crippen LogP contribution in [0, 0.1) is 11.6 Å². The summed E-state index contributed by atoms with van der Waals surface area (Å²) in [5.74, 6) is -1.68. The van der Waals surface area contributed by atoms with Crippen molar-refractivity contribution in [1.82, 2.24) is 15.5 Å². The van der Waals surface area contributed by atoms with Crippen LogP contribution in [0.4, 0.5) is 8.78 Å². The molecule has 0 bridgehead atoms. The second-order valence-electron chi connectivity index (χ2n) is 5.26. The van der Waals surface area contributed by atoms with Crippen molar-refractivity contribution in [2.75, 3.05) is 13.2 Å². The largest absolute Gasteiger partial charge is 0.381 e. The average molecular weight is 307 g/mol. The van der Waals surface area contributed by atoms with Crippen molar-refractivity contribution in [3.8, 4) is 0 Å². The molecule has 1 aliphatic heterocycles. The first-order chi connectivity index (χ1) is 10.6. The van der Waals surface area contributed by atoms with Gasteiger partial charge >= 0.3 is 0 Å². The molecule has 0 spiro atoms. The lowest BCUT2D eigenvalue weighted by Gasteiger charge is -2.38. The summed E-state index contributed by atoms with van der Waals surface area (Å²) in [6.45, 7) is 0.783. The number of nitrogens with one attached hydrogen (secondary N) is 2. The van der Waals surface area contributed by atoms with E-state index in [2.05, 4.69) is 15.5 Å². The van der Waals surface area contributed by atoms with Crippen molar-refractivity contribution in [2.24, 2.45) is 0 Å². The minimum absolute atomic E-state index is 0.272. The molecular formula is C15H15F2N3O2. The molecule has 5 nitrogen and oxygen atoms in total. The van der Waals surface area contributed by atoms with Crippen molar-refractivity contribution in [2.45, 2.75) is 18.4 Å². The van der Waals surface area contributed by atoms with Gasteiger partial charge in [0.2, 0.25) is 0 Å². The number of benzene rings is 1. The van der Waals surface area contributed by atoms with Gasteiger partial charge in [-0.2, -0.15) is 5.10 Å². The summed E-state index contributed by atoms with van der Waals surface area (Å²) in [6, 6.07) is 3.40. The molecule has 0 unspecified atom stereocenters. The smallest absolute Gasteiger partial charge is 0.255 e. The highest BCUT2D eigenvalue weighted by molar-refractivity contribution is 5.94. The molecule has 1 aliphatic rings. The molecule has 0 radical (unpaired) electrons. The molecule has 1 saturated heterocycles. The number of halogens is 2. The molecule has 0 saturated carbocycles. The quantitative estimate of drug-likeness (QED) is 0.913. The summed E-state index contributed by atoms with van der Waals surface area (Å²) in [4.78, 5) is 12.3. The first-order valence-electron chi connectivity index (χ1n) is 6.95. The van der Waals surface area contributed by atoms with Crippen LogP contribution in [0.3, 0.4) is 0 Å². The molecule has 1 aromatic carbocycles. The minimum Gasteiger partial charge on any atom is -0.381 e. The Morgan fingerprint density at radius 2 is 2.09 bits per heavy atom. The third kappa shape index (κ3) is 2.71. The number of rotatable bonds is 3. The van der Waals surface area contributed by atoms with Gasteiger partial charge in [0.05, 0.1) is 17.3 Å². The van der Waals surface area contributed by atoms with Gasteiger partial charge < -0.3 is 10.1 Å². The number of hydrogen-bond donors (Lipinski definition) is 2. The second-order valence-corrected chi connectivity index (χ2v) is 5.26. The Balaban J connectivity index is 1.96. The van der Waals surface area contributed by atoms with E-state index < -0.39 is 17.2 Å². The highest BCUT2D eigenvalue weighted by Gasteiger charge is 2.38. The lowest BCUT2D eigenvalue weighted by molar-refractivity contribution is 0.0333. The van der Waals surface area contributed by atoms with E-state index in [1.165, 1.54) is 24.5 Å². The Bertz CT molecular complexity index is 667. The van der Waals surface area contributed by atoms with Gasteiger partial charge in [0.1, 0.15) is 11.6 Å². The average Bonchev–Trinajstić information content (AvgIpc) is 3.02. The van der Waals surface area contributed by atoms with Gasteiger partial charge in [-0.15, -0.1) is 0 Å². The Morgan fingerprint density at radius 3 is 2.73 bits per heavy atom. The van der Waals surface area contributed by atoms with Crippen molar-refractivity contribution in [3.05, 3.63) is 53.4 Å². The van der Waals surface area contributed by atoms with E-state index in [1.807, 2.05) is 0 Å². The maximum Gasteiger partial charge on any atom is 0.255 e. The Morgan fingerprint density at radius 1 is 1.32 bits per heavy atom. The zero-order chi connectivity index (χ0) is 15.6. The van der Waals surface area contributed by atoms with E-state index in [0.717, 1.165) is 6.07 Å². The highest BCUT2D eigenvalue weighted by Crippen LogP contribution is 2.34. The SMILES string of the molecule is O=C(NC1(c2ccc(F)cc2F)CCOCC1)c1cn[nH]c1. The van der Waals surface area contributed by atoms with Gasteiger partial charge in [0.15, 0.2) is 0 Å². The molecular weight excluding hydrogens is 292 g/mol. The summed E-state index contributed by atoms with van der Waals surface area (Å²) in [7, 11) is 0. The topological polar surface area (TPSA) is 67.0 Å². The molecule has 1 amide bonds. The van der Waals surface area contributed by atoms with Gasteiger partial charge in [-0.1, -0.05) is 6.07 Å². The number of aromatic amines is 1. The summed E-state index contributed by atoms with van der Waals surface area (Å²) in [5, 5.41) is 9.16. The summed E-state index contributed by atoms with van der Waals surface area (Å²) >= 11 is 0. The van der Waals surface area contributed by atoms with E-state index in [1.54, 1.807) is 0 Å². The number of carbonyl (C=O) groups excluding carboxylic acids is 1. The summed E-state index contributed by atoms with van der Waals surface area (Å²) < 4.78 is 32.7. The van der Waals surface area contributed by atoms with Crippen LogP contribution in [0.5, 0.6) is 0 Å². The van der Waals surface area contributed by atoms with Crippen LogP contribution < -0.4 is 5.32 Å². The first-order valence-corrected chi connectivity index (χ1v) is 6.95. The van der Waals surface area contributed by atoms with E-state index in [4.69, 9.17) is 4.74 Å². The fraction of sp³-hybridized carbons (Fsp3) is 0.333. The fourth-order valence-corrected chi connectivity index (χ4v) is 2.72. The zero-order valence-corrected chi connectivity index (χ0v) is 11.7. The van der Waals surface area contributed by atoms with Crippen LogP contribution in [-0.4, -0.2) is 29.3 Å². The van der Waals surface area contributed by atoms with Gasteiger partial charge in [-0.3, -0.25) is 9.89 Å². The summed E-state index contributed by atoms with van der Waals surface area (Å²) in [5.41, 5.74) is -0.285. The number of aromatic nitrogens is 2. The molecule has 116 valence electrons. The Hall–Kier alpha value is -2.28. The van der Waals surface area contributed by atoms with Crippen LogP contribution in [0.2, 0.25) is 0 Å². The number of ether oxygens (including phenoxy) is 1. The van der Waals surface area contributed by atoms with E-state index in [9.17, 15) is 13.6 Å². The summed E-state index contributed by atoms with van der Waals surface area (Å²) in [6.07, 6.45) is 3.69. The minimum atomic E-state index is -0.912. The van der Waals surface area contributed by atoms with Crippen LogP contribution >= 0.6 is 0 Å². The third-order valence-corrected chi connectivity index (χ3v) is 3.91. The molecule has 7 heteroatoms. The molecule has 3 rings (SSSR count). The lowest BCUT2D eigenvalue weighted by Crippen LogP contribution is -2.50. The van der Waals surface area contributed by atoms with E-state index in [0.29, 0.717) is 31.6 Å². The first kappa shape index (κ1) is 14.6. The van der Waals surface area contributed by atoms with Crippen LogP contribution in [0.25, 0.3) is 0 Å². The van der Waals surface area contributed by atoms with Crippen LogP contribution in [0.15, 0.2) is 30.6 Å². The molecule has 1 fully saturated rings. The highest BCUT2D eigenvalue weighted by atomic mass is 19.1. The van der Waals surface area contributed by atoms with Crippen molar-refractivity contribution in [1.29, 1.82) is 0 Å². The number of hydrogen-bond acceptors (Lipinski definition) is 3. The van der Waals surface area contributed by atoms with Gasteiger partial charge in [-0.25, -0.2) is 8.78 Å². The Kier molecular flexibility index (Phi) is 3.89. The fourth-order valence-electron chi connectivity index (χ4n) is 2.72. The molecule has 2 N–H and O–H groups in total. The van der Waals surface area contributed by atoms with Gasteiger partial charge in [0.25, 0.3) is 5.91 Å². The molecule has 0 aliphatic carbocycles. The van der Waals surface area contributed by atoms with Crippen LogP contribution in [-0.2, 0) is 10.3 Å². The predicted molar refractivity (Wildman–Crippen MR) is 74.1 cm³/mol. The zero-order valence-electron chi connectivity index (χ0n) is 11.7. The normalized spacial score (nSPS) is 17.2. The van der Waals surface area contributed by atoms with Crippen molar-refractivity contribution in [3.63, 3.8) is 0 Å². The molecule has 0 atom stereocenters. The van der Waals surface area contributed by atoms with Crippen molar-refractivity contribution >= 4 is 5.91 Å². The van der Waals surface area contributed by atoms with Gasteiger partial charge in [0, 0.05) is 31.0 Å². The van der Waals surface area contributed by atoms with Crippen molar-refractivity contribution < 1.29 is 18.3 Å². The molecule has 2 aromatic rings. The number of H-pyrrole nitrogens is 1. The van der Waals surface area contributed by atoms with E-state index >= 15 is 0 Å². The number of carbonyl (C=O) groups is 1. The standard InChI is InChI=1S/C15H15F2N3O2/c16-11-1-2-12(13(17)7-11)15(3-5-22-6-4-15)20-14(21)10-8-18-19-9-10/h1-2,7-9H,3-6H2,(H,18,19)(H,20,21). The predicted octanol–water partition coefficient (Wildman–Crippen LogP) is 2.12. The number of nitrogens with zero attached hydrogens (tertiary/aromatic N) is 1. The maximum absolute atomic E-state index is 14.2.